The maximum Gasteiger partial charge on any atom is 0.313 e. The van der Waals surface area contributed by atoms with Crippen molar-refractivity contribution in [3.05, 3.63) is 35.2 Å². The van der Waals surface area contributed by atoms with Gasteiger partial charge in [0.2, 0.25) is 5.89 Å². The van der Waals surface area contributed by atoms with Crippen LogP contribution in [0, 0.1) is 0 Å². The molecular formula is C10H9ClN2O. The molecule has 1 heterocycles. The molecule has 1 aromatic carbocycles. The summed E-state index contributed by atoms with van der Waals surface area (Å²) in [6.45, 7) is 2.10. The van der Waals surface area contributed by atoms with Gasteiger partial charge in [0.1, 0.15) is 0 Å². The Hall–Kier alpha value is -1.35. The molecule has 0 atom stereocenters. The van der Waals surface area contributed by atoms with Gasteiger partial charge in [-0.15, -0.1) is 5.10 Å². The summed E-state index contributed by atoms with van der Waals surface area (Å²) >= 11 is 5.54. The molecule has 0 aliphatic rings. The van der Waals surface area contributed by atoms with Crippen molar-refractivity contribution in [2.75, 3.05) is 0 Å². The van der Waals surface area contributed by atoms with E-state index in [0.29, 0.717) is 5.89 Å². The Morgan fingerprint density at radius 3 is 2.86 bits per heavy atom. The Labute approximate surface area is 86.7 Å². The SMILES string of the molecule is CCc1cccc(-c2nnc(Cl)o2)c1. The molecule has 0 fully saturated rings. The van der Waals surface area contributed by atoms with Crippen LogP contribution in [0.15, 0.2) is 28.7 Å². The molecule has 72 valence electrons. The van der Waals surface area contributed by atoms with Crippen LogP contribution in [0.3, 0.4) is 0 Å². The zero-order chi connectivity index (χ0) is 9.97. The summed E-state index contributed by atoms with van der Waals surface area (Å²) in [5.41, 5.74) is 2.14. The van der Waals surface area contributed by atoms with Crippen molar-refractivity contribution in [2.45, 2.75) is 13.3 Å². The van der Waals surface area contributed by atoms with Gasteiger partial charge in [-0.25, -0.2) is 0 Å². The van der Waals surface area contributed by atoms with E-state index in [2.05, 4.69) is 23.2 Å². The largest absolute Gasteiger partial charge is 0.407 e. The van der Waals surface area contributed by atoms with Gasteiger partial charge >= 0.3 is 5.35 Å². The highest BCUT2D eigenvalue weighted by Gasteiger charge is 2.06. The van der Waals surface area contributed by atoms with E-state index >= 15 is 0 Å². The number of aromatic nitrogens is 2. The molecule has 0 unspecified atom stereocenters. The molecular weight excluding hydrogens is 200 g/mol. The van der Waals surface area contributed by atoms with Crippen molar-refractivity contribution in [1.29, 1.82) is 0 Å². The van der Waals surface area contributed by atoms with Gasteiger partial charge in [-0.1, -0.05) is 24.2 Å². The van der Waals surface area contributed by atoms with Gasteiger partial charge in [-0.2, -0.15) is 0 Å². The highest BCUT2D eigenvalue weighted by Crippen LogP contribution is 2.20. The van der Waals surface area contributed by atoms with Crippen molar-refractivity contribution in [3.63, 3.8) is 0 Å². The summed E-state index contributed by atoms with van der Waals surface area (Å²) in [6, 6.07) is 7.96. The molecule has 0 saturated carbocycles. The van der Waals surface area contributed by atoms with E-state index in [-0.39, 0.29) is 5.35 Å². The van der Waals surface area contributed by atoms with Crippen LogP contribution in [0.1, 0.15) is 12.5 Å². The summed E-state index contributed by atoms with van der Waals surface area (Å²) in [5.74, 6) is 0.463. The number of hydrogen-bond acceptors (Lipinski definition) is 3. The van der Waals surface area contributed by atoms with Gasteiger partial charge in [-0.3, -0.25) is 0 Å². The van der Waals surface area contributed by atoms with Gasteiger partial charge in [0, 0.05) is 5.56 Å². The summed E-state index contributed by atoms with van der Waals surface area (Å²) in [6.07, 6.45) is 0.982. The van der Waals surface area contributed by atoms with Crippen molar-refractivity contribution in [2.24, 2.45) is 0 Å². The molecule has 0 spiro atoms. The van der Waals surface area contributed by atoms with Crippen molar-refractivity contribution >= 4 is 11.6 Å². The zero-order valence-corrected chi connectivity index (χ0v) is 8.45. The van der Waals surface area contributed by atoms with E-state index in [0.717, 1.165) is 12.0 Å². The fourth-order valence-corrected chi connectivity index (χ4v) is 1.36. The lowest BCUT2D eigenvalue weighted by molar-refractivity contribution is 0.571. The Morgan fingerprint density at radius 1 is 1.36 bits per heavy atom. The lowest BCUT2D eigenvalue weighted by Crippen LogP contribution is -1.82. The lowest BCUT2D eigenvalue weighted by Gasteiger charge is -1.97. The second kappa shape index (κ2) is 3.80. The number of halogens is 1. The van der Waals surface area contributed by atoms with E-state index in [9.17, 15) is 0 Å². The van der Waals surface area contributed by atoms with Gasteiger partial charge in [0.05, 0.1) is 0 Å². The first-order chi connectivity index (χ1) is 6.79. The van der Waals surface area contributed by atoms with Crippen LogP contribution < -0.4 is 0 Å². The number of aryl methyl sites for hydroxylation is 1. The Bertz CT molecular complexity index is 439. The average molecular weight is 209 g/mol. The third kappa shape index (κ3) is 1.77. The first kappa shape index (κ1) is 9.21. The van der Waals surface area contributed by atoms with E-state index in [4.69, 9.17) is 16.0 Å². The fourth-order valence-electron chi connectivity index (χ4n) is 1.25. The number of nitrogens with zero attached hydrogens (tertiary/aromatic N) is 2. The second-order valence-electron chi connectivity index (χ2n) is 2.91. The molecule has 0 bridgehead atoms. The summed E-state index contributed by atoms with van der Waals surface area (Å²) in [7, 11) is 0. The molecule has 2 aromatic rings. The molecule has 0 N–H and O–H groups in total. The third-order valence-corrected chi connectivity index (χ3v) is 2.14. The maximum absolute atomic E-state index is 5.54. The van der Waals surface area contributed by atoms with Crippen LogP contribution in [-0.4, -0.2) is 10.2 Å². The van der Waals surface area contributed by atoms with Gasteiger partial charge in [0.15, 0.2) is 0 Å². The van der Waals surface area contributed by atoms with Crippen LogP contribution in [0.25, 0.3) is 11.5 Å². The molecule has 14 heavy (non-hydrogen) atoms. The molecule has 4 heteroatoms. The molecule has 2 rings (SSSR count). The van der Waals surface area contributed by atoms with Crippen molar-refractivity contribution in [3.8, 4) is 11.5 Å². The van der Waals surface area contributed by atoms with Crippen LogP contribution in [0.5, 0.6) is 0 Å². The average Bonchev–Trinajstić information content (AvgIpc) is 2.65. The van der Waals surface area contributed by atoms with Crippen molar-refractivity contribution in [1.82, 2.24) is 10.2 Å². The maximum atomic E-state index is 5.54. The molecule has 3 nitrogen and oxygen atoms in total. The predicted molar refractivity (Wildman–Crippen MR) is 54.1 cm³/mol. The molecule has 0 aliphatic carbocycles. The molecule has 0 radical (unpaired) electrons. The smallest absolute Gasteiger partial charge is 0.313 e. The number of benzene rings is 1. The Morgan fingerprint density at radius 2 is 2.21 bits per heavy atom. The van der Waals surface area contributed by atoms with Gasteiger partial charge in [0.25, 0.3) is 0 Å². The highest BCUT2D eigenvalue weighted by atomic mass is 35.5. The lowest BCUT2D eigenvalue weighted by atomic mass is 10.1. The normalized spacial score (nSPS) is 10.4. The monoisotopic (exact) mass is 208 g/mol. The topological polar surface area (TPSA) is 38.9 Å². The van der Waals surface area contributed by atoms with Crippen LogP contribution in [0.4, 0.5) is 0 Å². The van der Waals surface area contributed by atoms with E-state index in [1.165, 1.54) is 5.56 Å². The Balaban J connectivity index is 2.41. The van der Waals surface area contributed by atoms with E-state index in [1.807, 2.05) is 18.2 Å². The fraction of sp³-hybridized carbons (Fsp3) is 0.200. The summed E-state index contributed by atoms with van der Waals surface area (Å²) in [5, 5.41) is 7.48. The predicted octanol–water partition coefficient (Wildman–Crippen LogP) is 2.95. The molecule has 0 aliphatic heterocycles. The standard InChI is InChI=1S/C10H9ClN2O/c1-2-7-4-3-5-8(6-7)9-12-13-10(11)14-9/h3-6H,2H2,1H3. The third-order valence-electron chi connectivity index (χ3n) is 1.98. The van der Waals surface area contributed by atoms with Gasteiger partial charge in [-0.05, 0) is 35.7 Å². The highest BCUT2D eigenvalue weighted by molar-refractivity contribution is 6.27. The van der Waals surface area contributed by atoms with E-state index in [1.54, 1.807) is 0 Å². The first-order valence-corrected chi connectivity index (χ1v) is 4.75. The second-order valence-corrected chi connectivity index (χ2v) is 3.24. The molecule has 0 saturated heterocycles. The zero-order valence-electron chi connectivity index (χ0n) is 7.70. The van der Waals surface area contributed by atoms with E-state index < -0.39 is 0 Å². The molecule has 1 aromatic heterocycles. The van der Waals surface area contributed by atoms with Crippen molar-refractivity contribution < 1.29 is 4.42 Å². The minimum absolute atomic E-state index is 0.0712. The Kier molecular flexibility index (Phi) is 2.50. The number of hydrogen-bond donors (Lipinski definition) is 0. The van der Waals surface area contributed by atoms with Crippen LogP contribution in [-0.2, 0) is 6.42 Å². The van der Waals surface area contributed by atoms with Crippen LogP contribution in [0.2, 0.25) is 5.35 Å². The van der Waals surface area contributed by atoms with Gasteiger partial charge < -0.3 is 4.42 Å². The first-order valence-electron chi connectivity index (χ1n) is 4.38. The number of rotatable bonds is 2. The minimum atomic E-state index is 0.0712. The summed E-state index contributed by atoms with van der Waals surface area (Å²) < 4.78 is 5.11. The van der Waals surface area contributed by atoms with Crippen LogP contribution >= 0.6 is 11.6 Å². The quantitative estimate of drug-likeness (QED) is 0.762. The molecule has 0 amide bonds. The minimum Gasteiger partial charge on any atom is -0.407 e. The summed E-state index contributed by atoms with van der Waals surface area (Å²) in [4.78, 5) is 0.